The van der Waals surface area contributed by atoms with Gasteiger partial charge in [-0.25, -0.2) is 0 Å². The van der Waals surface area contributed by atoms with E-state index in [1.165, 1.54) is 0 Å². The van der Waals surface area contributed by atoms with Crippen molar-refractivity contribution in [3.05, 3.63) is 0 Å². The van der Waals surface area contributed by atoms with Crippen molar-refractivity contribution in [3.8, 4) is 12.3 Å². The van der Waals surface area contributed by atoms with Crippen LogP contribution in [-0.4, -0.2) is 29.1 Å². The minimum Gasteiger partial charge on any atom is -0.481 e. The molecule has 0 spiro atoms. The van der Waals surface area contributed by atoms with Crippen LogP contribution in [0.15, 0.2) is 0 Å². The van der Waals surface area contributed by atoms with Gasteiger partial charge in [0.1, 0.15) is 0 Å². The molecule has 18 heavy (non-hydrogen) atoms. The molecule has 3 unspecified atom stereocenters. The minimum absolute atomic E-state index is 0.155. The first-order valence-electron chi connectivity index (χ1n) is 6.14. The molecule has 0 saturated heterocycles. The van der Waals surface area contributed by atoms with Crippen molar-refractivity contribution in [1.82, 2.24) is 5.32 Å². The molecule has 0 aromatic carbocycles. The summed E-state index contributed by atoms with van der Waals surface area (Å²) in [6, 6.07) is -1.14. The monoisotopic (exact) mass is 252 g/mol. The Morgan fingerprint density at radius 2 is 2.28 bits per heavy atom. The average Bonchev–Trinajstić information content (AvgIpc) is 2.32. The molecular weight excluding hydrogens is 232 g/mol. The molecule has 3 atom stereocenters. The smallest absolute Gasteiger partial charge is 0.311 e. The lowest BCUT2D eigenvalue weighted by atomic mass is 9.71. The van der Waals surface area contributed by atoms with E-state index in [0.717, 1.165) is 12.8 Å². The van der Waals surface area contributed by atoms with Crippen molar-refractivity contribution < 1.29 is 14.7 Å². The first-order valence-corrected chi connectivity index (χ1v) is 6.14. The summed E-state index contributed by atoms with van der Waals surface area (Å²) in [7, 11) is 0. The number of carboxylic acids is 1. The van der Waals surface area contributed by atoms with E-state index < -0.39 is 17.4 Å². The third-order valence-electron chi connectivity index (χ3n) is 3.69. The average molecular weight is 252 g/mol. The standard InChI is InChI=1S/C13H20N2O3/c1-3-6-9(14)11(16)15-10-7-4-5-8-13(10,2)12(17)18/h1,9-10H,4-8,14H2,2H3,(H,15,16)(H,17,18). The van der Waals surface area contributed by atoms with Crippen LogP contribution in [0.3, 0.4) is 0 Å². The highest BCUT2D eigenvalue weighted by Gasteiger charge is 2.44. The summed E-state index contributed by atoms with van der Waals surface area (Å²) in [5.41, 5.74) is 4.69. The van der Waals surface area contributed by atoms with Gasteiger partial charge >= 0.3 is 5.97 Å². The Bertz CT molecular complexity index is 375. The molecule has 0 aliphatic heterocycles. The van der Waals surface area contributed by atoms with Crippen molar-refractivity contribution >= 4 is 11.9 Å². The third-order valence-corrected chi connectivity index (χ3v) is 3.69. The maximum absolute atomic E-state index is 11.8. The first-order chi connectivity index (χ1) is 8.41. The first kappa shape index (κ1) is 14.5. The second-order valence-corrected chi connectivity index (χ2v) is 5.04. The van der Waals surface area contributed by atoms with Crippen molar-refractivity contribution in [2.45, 2.75) is 51.1 Å². The van der Waals surface area contributed by atoms with E-state index in [1.807, 2.05) is 0 Å². The SMILES string of the molecule is C#CCC(N)C(=O)NC1CCCCC1(C)C(=O)O. The summed E-state index contributed by atoms with van der Waals surface area (Å²) in [4.78, 5) is 23.1. The van der Waals surface area contributed by atoms with E-state index in [0.29, 0.717) is 12.8 Å². The van der Waals surface area contributed by atoms with Crippen molar-refractivity contribution in [3.63, 3.8) is 0 Å². The highest BCUT2D eigenvalue weighted by molar-refractivity contribution is 5.83. The van der Waals surface area contributed by atoms with Gasteiger partial charge < -0.3 is 16.2 Å². The molecule has 0 bridgehead atoms. The van der Waals surface area contributed by atoms with E-state index in [9.17, 15) is 14.7 Å². The molecule has 100 valence electrons. The molecule has 0 aromatic heterocycles. The summed E-state index contributed by atoms with van der Waals surface area (Å²) in [6.07, 6.45) is 8.27. The van der Waals surface area contributed by atoms with Crippen molar-refractivity contribution in [2.24, 2.45) is 11.1 Å². The fourth-order valence-corrected chi connectivity index (χ4v) is 2.32. The second kappa shape index (κ2) is 5.87. The van der Waals surface area contributed by atoms with Gasteiger partial charge in [0.25, 0.3) is 0 Å². The summed E-state index contributed by atoms with van der Waals surface area (Å²) >= 11 is 0. The molecule has 4 N–H and O–H groups in total. The number of rotatable bonds is 4. The van der Waals surface area contributed by atoms with Gasteiger partial charge in [-0.05, 0) is 19.8 Å². The molecule has 1 saturated carbocycles. The van der Waals surface area contributed by atoms with Crippen LogP contribution in [0, 0.1) is 17.8 Å². The number of amides is 1. The Labute approximate surface area is 107 Å². The van der Waals surface area contributed by atoms with E-state index in [-0.39, 0.29) is 18.4 Å². The van der Waals surface area contributed by atoms with E-state index in [1.54, 1.807) is 6.92 Å². The molecule has 0 radical (unpaired) electrons. The van der Waals surface area contributed by atoms with Gasteiger partial charge in [-0.15, -0.1) is 12.3 Å². The molecule has 5 nitrogen and oxygen atoms in total. The lowest BCUT2D eigenvalue weighted by Gasteiger charge is -2.38. The van der Waals surface area contributed by atoms with Gasteiger partial charge in [0.2, 0.25) is 5.91 Å². The Hall–Kier alpha value is -1.54. The number of carbonyl (C=O) groups is 2. The molecular formula is C13H20N2O3. The number of carboxylic acid groups (broad SMARTS) is 1. The molecule has 0 aromatic rings. The van der Waals surface area contributed by atoms with Crippen LogP contribution in [0.1, 0.15) is 39.0 Å². The Morgan fingerprint density at radius 1 is 1.61 bits per heavy atom. The maximum atomic E-state index is 11.8. The summed E-state index contributed by atoms with van der Waals surface area (Å²) in [5, 5.41) is 12.0. The molecule has 1 rings (SSSR count). The number of carbonyl (C=O) groups excluding carboxylic acids is 1. The zero-order valence-corrected chi connectivity index (χ0v) is 10.6. The van der Waals surface area contributed by atoms with Crippen molar-refractivity contribution in [1.29, 1.82) is 0 Å². The maximum Gasteiger partial charge on any atom is 0.311 e. The van der Waals surface area contributed by atoms with Gasteiger partial charge in [0.05, 0.1) is 11.5 Å². The van der Waals surface area contributed by atoms with Gasteiger partial charge in [-0.3, -0.25) is 9.59 Å². The molecule has 1 aliphatic rings. The largest absolute Gasteiger partial charge is 0.481 e. The predicted molar refractivity (Wildman–Crippen MR) is 67.6 cm³/mol. The quantitative estimate of drug-likeness (QED) is 0.635. The van der Waals surface area contributed by atoms with Crippen LogP contribution >= 0.6 is 0 Å². The fourth-order valence-electron chi connectivity index (χ4n) is 2.32. The normalized spacial score (nSPS) is 29.1. The van der Waals surface area contributed by atoms with Crippen LogP contribution in [-0.2, 0) is 9.59 Å². The van der Waals surface area contributed by atoms with Crippen molar-refractivity contribution in [2.75, 3.05) is 0 Å². The highest BCUT2D eigenvalue weighted by atomic mass is 16.4. The van der Waals surface area contributed by atoms with Crippen LogP contribution in [0.4, 0.5) is 0 Å². The number of terminal acetylenes is 1. The van der Waals surface area contributed by atoms with E-state index in [4.69, 9.17) is 12.2 Å². The molecule has 5 heteroatoms. The summed E-state index contributed by atoms with van der Waals surface area (Å²) < 4.78 is 0. The third kappa shape index (κ3) is 3.02. The Balaban J connectivity index is 2.72. The minimum atomic E-state index is -0.913. The van der Waals surface area contributed by atoms with Crippen LogP contribution in [0.2, 0.25) is 0 Å². The van der Waals surface area contributed by atoms with Crippen LogP contribution in [0.5, 0.6) is 0 Å². The number of nitrogens with one attached hydrogen (secondary N) is 1. The lowest BCUT2D eigenvalue weighted by molar-refractivity contribution is -0.152. The molecule has 0 heterocycles. The second-order valence-electron chi connectivity index (χ2n) is 5.04. The van der Waals surface area contributed by atoms with Gasteiger partial charge in [0.15, 0.2) is 0 Å². The summed E-state index contributed by atoms with van der Waals surface area (Å²) in [5.74, 6) is 1.08. The van der Waals surface area contributed by atoms with Crippen LogP contribution < -0.4 is 11.1 Å². The van der Waals surface area contributed by atoms with E-state index >= 15 is 0 Å². The fraction of sp³-hybridized carbons (Fsp3) is 0.692. The van der Waals surface area contributed by atoms with E-state index in [2.05, 4.69) is 11.2 Å². The molecule has 1 amide bonds. The number of nitrogens with two attached hydrogens (primary N) is 1. The van der Waals surface area contributed by atoms with Crippen LogP contribution in [0.25, 0.3) is 0 Å². The Morgan fingerprint density at radius 3 is 2.83 bits per heavy atom. The van der Waals surface area contributed by atoms with Gasteiger partial charge in [-0.1, -0.05) is 12.8 Å². The zero-order valence-electron chi connectivity index (χ0n) is 10.6. The number of hydrogen-bond donors (Lipinski definition) is 3. The van der Waals surface area contributed by atoms with Gasteiger partial charge in [0, 0.05) is 12.5 Å². The highest BCUT2D eigenvalue weighted by Crippen LogP contribution is 2.36. The van der Waals surface area contributed by atoms with Gasteiger partial charge in [-0.2, -0.15) is 0 Å². The lowest BCUT2D eigenvalue weighted by Crippen LogP contribution is -2.55. The topological polar surface area (TPSA) is 92.4 Å². The number of hydrogen-bond acceptors (Lipinski definition) is 3. The zero-order chi connectivity index (χ0) is 13.8. The Kier molecular flexibility index (Phi) is 4.74. The molecule has 1 fully saturated rings. The number of aliphatic carboxylic acids is 1. The molecule has 1 aliphatic carbocycles. The summed E-state index contributed by atoms with van der Waals surface area (Å²) in [6.45, 7) is 1.67. The predicted octanol–water partition coefficient (Wildman–Crippen LogP) is 0.487.